The van der Waals surface area contributed by atoms with E-state index in [-0.39, 0.29) is 0 Å². The lowest BCUT2D eigenvalue weighted by Crippen LogP contribution is -1.79. The van der Waals surface area contributed by atoms with E-state index < -0.39 is 7.60 Å². The third kappa shape index (κ3) is 2.64. The van der Waals surface area contributed by atoms with E-state index in [1.807, 2.05) is 13.8 Å². The predicted octanol–water partition coefficient (Wildman–Crippen LogP) is 2.31. The Hall–Kier alpha value is -0.330. The molecule has 11 heavy (non-hydrogen) atoms. The van der Waals surface area contributed by atoms with Crippen LogP contribution in [0.15, 0.2) is 17.1 Å². The summed E-state index contributed by atoms with van der Waals surface area (Å²) in [6.45, 7) is 4.58. The Bertz CT molecular complexity index is 236. The lowest BCUT2D eigenvalue weighted by molar-refractivity contribution is 0.364. The van der Waals surface area contributed by atoms with Crippen molar-refractivity contribution in [1.29, 1.82) is 0 Å². The van der Waals surface area contributed by atoms with E-state index in [1.165, 1.54) is 5.82 Å². The maximum Gasteiger partial charge on any atom is 0.361 e. The van der Waals surface area contributed by atoms with Gasteiger partial charge in [-0.05, 0) is 19.4 Å². The van der Waals surface area contributed by atoms with Crippen LogP contribution < -0.4 is 0 Å². The zero-order valence-electron chi connectivity index (χ0n) is 6.66. The van der Waals surface area contributed by atoms with Gasteiger partial charge in [-0.3, -0.25) is 4.57 Å². The highest BCUT2D eigenvalue weighted by Crippen LogP contribution is 2.52. The van der Waals surface area contributed by atoms with E-state index in [0.29, 0.717) is 13.2 Å². The van der Waals surface area contributed by atoms with Gasteiger partial charge in [0, 0.05) is 0 Å². The van der Waals surface area contributed by atoms with Gasteiger partial charge in [-0.15, -0.1) is 5.73 Å². The predicted molar refractivity (Wildman–Crippen MR) is 42.5 cm³/mol. The van der Waals surface area contributed by atoms with Gasteiger partial charge >= 0.3 is 7.60 Å². The Kier molecular flexibility index (Phi) is 2.69. The molecule has 0 spiro atoms. The summed E-state index contributed by atoms with van der Waals surface area (Å²) in [6.07, 6.45) is 0. The Labute approximate surface area is 66.2 Å². The van der Waals surface area contributed by atoms with Gasteiger partial charge in [0.05, 0.1) is 19.0 Å². The minimum absolute atomic E-state index is 0.415. The molecule has 0 amide bonds. The molecule has 1 heterocycles. The Morgan fingerprint density at radius 2 is 2.00 bits per heavy atom. The third-order valence-electron chi connectivity index (χ3n) is 1.14. The monoisotopic (exact) mass is 174 g/mol. The average Bonchev–Trinajstić information content (AvgIpc) is 2.33. The molecule has 0 atom stereocenters. The first-order chi connectivity index (χ1) is 5.12. The SMILES string of the molecule is CC(C)=C=CP1(=O)OCCO1. The topological polar surface area (TPSA) is 35.5 Å². The van der Waals surface area contributed by atoms with Crippen LogP contribution in [0.25, 0.3) is 0 Å². The largest absolute Gasteiger partial charge is 0.361 e. The van der Waals surface area contributed by atoms with Crippen LogP contribution in [0, 0.1) is 0 Å². The van der Waals surface area contributed by atoms with Crippen molar-refractivity contribution in [3.05, 3.63) is 17.1 Å². The highest BCUT2D eigenvalue weighted by Gasteiger charge is 2.26. The van der Waals surface area contributed by atoms with Gasteiger partial charge in [-0.2, -0.15) is 0 Å². The summed E-state index contributed by atoms with van der Waals surface area (Å²) in [5, 5.41) is 0. The van der Waals surface area contributed by atoms with E-state index in [9.17, 15) is 4.57 Å². The molecule has 0 bridgehead atoms. The van der Waals surface area contributed by atoms with Crippen LogP contribution in [0.5, 0.6) is 0 Å². The van der Waals surface area contributed by atoms with Crippen molar-refractivity contribution in [2.24, 2.45) is 0 Å². The van der Waals surface area contributed by atoms with Crippen molar-refractivity contribution in [2.75, 3.05) is 13.2 Å². The van der Waals surface area contributed by atoms with Crippen molar-refractivity contribution in [3.63, 3.8) is 0 Å². The highest BCUT2D eigenvalue weighted by atomic mass is 31.2. The zero-order valence-corrected chi connectivity index (χ0v) is 7.56. The van der Waals surface area contributed by atoms with Crippen LogP contribution in [0.1, 0.15) is 13.8 Å². The van der Waals surface area contributed by atoms with Crippen LogP contribution in [-0.2, 0) is 13.6 Å². The lowest BCUT2D eigenvalue weighted by atomic mass is 10.4. The number of hydrogen-bond donors (Lipinski definition) is 0. The van der Waals surface area contributed by atoms with Crippen molar-refractivity contribution in [3.8, 4) is 0 Å². The second-order valence-corrected chi connectivity index (χ2v) is 4.33. The molecule has 1 saturated heterocycles. The van der Waals surface area contributed by atoms with Crippen LogP contribution in [0.2, 0.25) is 0 Å². The van der Waals surface area contributed by atoms with Gasteiger partial charge in [0.15, 0.2) is 0 Å². The smallest absolute Gasteiger partial charge is 0.303 e. The fourth-order valence-electron chi connectivity index (χ4n) is 0.649. The molecule has 0 aromatic carbocycles. The number of allylic oxidation sites excluding steroid dienone is 1. The summed E-state index contributed by atoms with van der Waals surface area (Å²) in [7, 11) is -2.88. The quantitative estimate of drug-likeness (QED) is 0.452. The Morgan fingerprint density at radius 3 is 2.45 bits per heavy atom. The maximum absolute atomic E-state index is 11.3. The van der Waals surface area contributed by atoms with Crippen molar-refractivity contribution in [1.82, 2.24) is 0 Å². The van der Waals surface area contributed by atoms with Crippen LogP contribution >= 0.6 is 7.60 Å². The normalized spacial score (nSPS) is 20.9. The first-order valence-electron chi connectivity index (χ1n) is 3.42. The first kappa shape index (κ1) is 8.76. The molecule has 1 fully saturated rings. The van der Waals surface area contributed by atoms with E-state index in [2.05, 4.69) is 5.73 Å². The van der Waals surface area contributed by atoms with Gasteiger partial charge in [-0.1, -0.05) is 0 Å². The summed E-state index contributed by atoms with van der Waals surface area (Å²) in [6, 6.07) is 0. The van der Waals surface area contributed by atoms with E-state index in [4.69, 9.17) is 9.05 Å². The molecule has 0 radical (unpaired) electrons. The van der Waals surface area contributed by atoms with Crippen LogP contribution in [0.4, 0.5) is 0 Å². The number of rotatable bonds is 1. The molecule has 0 saturated carbocycles. The minimum atomic E-state index is -2.88. The summed E-state index contributed by atoms with van der Waals surface area (Å²) in [5.41, 5.74) is 3.76. The summed E-state index contributed by atoms with van der Waals surface area (Å²) in [4.78, 5) is 0. The fraction of sp³-hybridized carbons (Fsp3) is 0.571. The molecule has 0 unspecified atom stereocenters. The molecule has 0 aromatic rings. The van der Waals surface area contributed by atoms with Crippen molar-refractivity contribution < 1.29 is 13.6 Å². The molecule has 62 valence electrons. The third-order valence-corrected chi connectivity index (χ3v) is 2.67. The summed E-state index contributed by atoms with van der Waals surface area (Å²) >= 11 is 0. The molecule has 0 aliphatic carbocycles. The fourth-order valence-corrected chi connectivity index (χ4v) is 1.95. The van der Waals surface area contributed by atoms with E-state index in [0.717, 1.165) is 5.57 Å². The average molecular weight is 174 g/mol. The van der Waals surface area contributed by atoms with Gasteiger partial charge in [-0.25, -0.2) is 0 Å². The van der Waals surface area contributed by atoms with Gasteiger partial charge in [0.1, 0.15) is 0 Å². The second kappa shape index (κ2) is 3.38. The first-order valence-corrected chi connectivity index (χ1v) is 5.03. The van der Waals surface area contributed by atoms with Crippen LogP contribution in [-0.4, -0.2) is 13.2 Å². The molecular formula is C7H11O3P. The molecule has 4 heteroatoms. The maximum atomic E-state index is 11.3. The molecular weight excluding hydrogens is 163 g/mol. The van der Waals surface area contributed by atoms with Gasteiger partial charge < -0.3 is 9.05 Å². The molecule has 1 aliphatic heterocycles. The summed E-state index contributed by atoms with van der Waals surface area (Å²) < 4.78 is 21.1. The van der Waals surface area contributed by atoms with Crippen LogP contribution in [0.3, 0.4) is 0 Å². The molecule has 1 rings (SSSR count). The molecule has 0 N–H and O–H groups in total. The van der Waals surface area contributed by atoms with Gasteiger partial charge in [0.25, 0.3) is 0 Å². The molecule has 0 aromatic heterocycles. The van der Waals surface area contributed by atoms with Crippen molar-refractivity contribution in [2.45, 2.75) is 13.8 Å². The molecule has 3 nitrogen and oxygen atoms in total. The van der Waals surface area contributed by atoms with Crippen molar-refractivity contribution >= 4 is 7.60 Å². The Balaban J connectivity index is 2.75. The number of hydrogen-bond acceptors (Lipinski definition) is 3. The lowest BCUT2D eigenvalue weighted by Gasteiger charge is -1.99. The van der Waals surface area contributed by atoms with E-state index >= 15 is 0 Å². The standard InChI is InChI=1S/C7H11O3P/c1-7(2)3-6-11(8)9-4-5-10-11/h6H,4-5H2,1-2H3. The minimum Gasteiger partial charge on any atom is -0.303 e. The van der Waals surface area contributed by atoms with E-state index in [1.54, 1.807) is 0 Å². The second-order valence-electron chi connectivity index (χ2n) is 2.48. The van der Waals surface area contributed by atoms with Gasteiger partial charge in [0.2, 0.25) is 0 Å². The summed E-state index contributed by atoms with van der Waals surface area (Å²) in [5.74, 6) is 1.38. The highest BCUT2D eigenvalue weighted by molar-refractivity contribution is 7.57. The zero-order chi connectivity index (χ0) is 8.32. The molecule has 1 aliphatic rings. The Morgan fingerprint density at radius 1 is 1.45 bits per heavy atom.